The lowest BCUT2D eigenvalue weighted by molar-refractivity contribution is 0.0584. The van der Waals surface area contributed by atoms with Crippen LogP contribution in [0.15, 0.2) is 10.9 Å². The number of aromatic nitrogens is 1. The molecule has 3 atom stereocenters. The van der Waals surface area contributed by atoms with Crippen LogP contribution in [-0.4, -0.2) is 29.1 Å². The normalized spacial score (nSPS) is 30.4. The number of carbonyl (C=O) groups excluding carboxylic acids is 1. The number of carbonyl (C=O) groups is 1. The SMILES string of the molecule is CC1CC(NC(=O)c2cscn2)C(C)O1. The average Bonchev–Trinajstić information content (AvgIpc) is 2.76. The monoisotopic (exact) mass is 226 g/mol. The molecular formula is C10H14N2O2S. The summed E-state index contributed by atoms with van der Waals surface area (Å²) in [6.45, 7) is 4.00. The van der Waals surface area contributed by atoms with Crippen molar-refractivity contribution in [2.45, 2.75) is 38.5 Å². The van der Waals surface area contributed by atoms with Gasteiger partial charge in [0.15, 0.2) is 0 Å². The Morgan fingerprint density at radius 2 is 2.47 bits per heavy atom. The Morgan fingerprint density at radius 3 is 3.00 bits per heavy atom. The van der Waals surface area contributed by atoms with Crippen molar-refractivity contribution in [1.29, 1.82) is 0 Å². The molecule has 0 spiro atoms. The second-order valence-electron chi connectivity index (χ2n) is 3.84. The lowest BCUT2D eigenvalue weighted by Gasteiger charge is -2.14. The summed E-state index contributed by atoms with van der Waals surface area (Å²) in [5, 5.41) is 4.69. The Bertz CT molecular complexity index is 339. The fourth-order valence-corrected chi connectivity index (χ4v) is 2.34. The molecule has 0 aromatic carbocycles. The molecule has 0 aliphatic carbocycles. The summed E-state index contributed by atoms with van der Waals surface area (Å²) in [6.07, 6.45) is 1.18. The first-order valence-corrected chi connectivity index (χ1v) is 5.95. The second-order valence-corrected chi connectivity index (χ2v) is 4.56. The molecule has 15 heavy (non-hydrogen) atoms. The largest absolute Gasteiger partial charge is 0.373 e. The van der Waals surface area contributed by atoms with Crippen LogP contribution in [0.25, 0.3) is 0 Å². The first-order valence-electron chi connectivity index (χ1n) is 5.01. The summed E-state index contributed by atoms with van der Waals surface area (Å²) < 4.78 is 5.56. The quantitative estimate of drug-likeness (QED) is 0.830. The fraction of sp³-hybridized carbons (Fsp3) is 0.600. The molecule has 1 aliphatic rings. The van der Waals surface area contributed by atoms with E-state index in [2.05, 4.69) is 10.3 Å². The van der Waals surface area contributed by atoms with Crippen LogP contribution in [0.3, 0.4) is 0 Å². The van der Waals surface area contributed by atoms with Gasteiger partial charge in [0.2, 0.25) is 0 Å². The molecule has 1 aliphatic heterocycles. The van der Waals surface area contributed by atoms with E-state index in [0.717, 1.165) is 6.42 Å². The van der Waals surface area contributed by atoms with E-state index in [1.54, 1.807) is 10.9 Å². The van der Waals surface area contributed by atoms with Crippen molar-refractivity contribution < 1.29 is 9.53 Å². The van der Waals surface area contributed by atoms with Crippen LogP contribution in [0.5, 0.6) is 0 Å². The van der Waals surface area contributed by atoms with E-state index < -0.39 is 0 Å². The van der Waals surface area contributed by atoms with Crippen LogP contribution in [0.4, 0.5) is 0 Å². The second kappa shape index (κ2) is 4.28. The summed E-state index contributed by atoms with van der Waals surface area (Å²) in [4.78, 5) is 15.7. The van der Waals surface area contributed by atoms with Gasteiger partial charge in [-0.15, -0.1) is 11.3 Å². The minimum atomic E-state index is -0.106. The van der Waals surface area contributed by atoms with Crippen molar-refractivity contribution in [1.82, 2.24) is 10.3 Å². The van der Waals surface area contributed by atoms with Crippen molar-refractivity contribution in [3.05, 3.63) is 16.6 Å². The molecule has 2 heterocycles. The molecule has 0 saturated carbocycles. The van der Waals surface area contributed by atoms with Gasteiger partial charge in [0.1, 0.15) is 5.69 Å². The number of hydrogen-bond acceptors (Lipinski definition) is 4. The molecule has 5 heteroatoms. The fourth-order valence-electron chi connectivity index (χ4n) is 1.81. The zero-order valence-electron chi connectivity index (χ0n) is 8.77. The van der Waals surface area contributed by atoms with Crippen molar-refractivity contribution in [2.75, 3.05) is 0 Å². The Balaban J connectivity index is 1.95. The highest BCUT2D eigenvalue weighted by Gasteiger charge is 2.30. The third-order valence-electron chi connectivity index (χ3n) is 2.58. The van der Waals surface area contributed by atoms with Gasteiger partial charge in [0.25, 0.3) is 5.91 Å². The van der Waals surface area contributed by atoms with Gasteiger partial charge in [0.05, 0.1) is 23.8 Å². The molecule has 0 radical (unpaired) electrons. The Hall–Kier alpha value is -0.940. The molecule has 1 N–H and O–H groups in total. The van der Waals surface area contributed by atoms with Gasteiger partial charge in [0, 0.05) is 5.38 Å². The third kappa shape index (κ3) is 2.35. The number of rotatable bonds is 2. The molecule has 4 nitrogen and oxygen atoms in total. The van der Waals surface area contributed by atoms with Gasteiger partial charge in [-0.05, 0) is 20.3 Å². The van der Waals surface area contributed by atoms with E-state index in [1.807, 2.05) is 13.8 Å². The number of nitrogens with one attached hydrogen (secondary N) is 1. The van der Waals surface area contributed by atoms with Crippen molar-refractivity contribution in [3.8, 4) is 0 Å². The van der Waals surface area contributed by atoms with Gasteiger partial charge in [-0.3, -0.25) is 4.79 Å². The van der Waals surface area contributed by atoms with Crippen molar-refractivity contribution in [3.63, 3.8) is 0 Å². The van der Waals surface area contributed by atoms with E-state index >= 15 is 0 Å². The Kier molecular flexibility index (Phi) is 3.02. The molecular weight excluding hydrogens is 212 g/mol. The van der Waals surface area contributed by atoms with Crippen LogP contribution in [-0.2, 0) is 4.74 Å². The number of hydrogen-bond donors (Lipinski definition) is 1. The highest BCUT2D eigenvalue weighted by atomic mass is 32.1. The summed E-state index contributed by atoms with van der Waals surface area (Å²) >= 11 is 1.42. The van der Waals surface area contributed by atoms with Crippen molar-refractivity contribution in [2.24, 2.45) is 0 Å². The van der Waals surface area contributed by atoms with Gasteiger partial charge >= 0.3 is 0 Å². The molecule has 1 aromatic rings. The smallest absolute Gasteiger partial charge is 0.271 e. The standard InChI is InChI=1S/C10H14N2O2S/c1-6-3-8(7(2)14-6)12-10(13)9-4-15-5-11-9/h4-8H,3H2,1-2H3,(H,12,13). The minimum Gasteiger partial charge on any atom is -0.373 e. The van der Waals surface area contributed by atoms with E-state index in [4.69, 9.17) is 4.74 Å². The number of ether oxygens (including phenoxy) is 1. The van der Waals surface area contributed by atoms with Crippen LogP contribution in [0, 0.1) is 0 Å². The number of thiazole rings is 1. The zero-order valence-corrected chi connectivity index (χ0v) is 9.58. The summed E-state index contributed by atoms with van der Waals surface area (Å²) in [6, 6.07) is 0.106. The van der Waals surface area contributed by atoms with Crippen molar-refractivity contribution >= 4 is 17.2 Å². The van der Waals surface area contributed by atoms with Gasteiger partial charge in [-0.25, -0.2) is 4.98 Å². The summed E-state index contributed by atoms with van der Waals surface area (Å²) in [5.74, 6) is -0.106. The first kappa shape index (κ1) is 10.6. The lowest BCUT2D eigenvalue weighted by Crippen LogP contribution is -2.39. The van der Waals surface area contributed by atoms with Crippen LogP contribution < -0.4 is 5.32 Å². The molecule has 2 rings (SSSR count). The summed E-state index contributed by atoms with van der Waals surface area (Å²) in [7, 11) is 0. The first-order chi connectivity index (χ1) is 7.16. The van der Waals surface area contributed by atoms with Gasteiger partial charge in [-0.2, -0.15) is 0 Å². The topological polar surface area (TPSA) is 51.2 Å². The van der Waals surface area contributed by atoms with Crippen LogP contribution in [0.1, 0.15) is 30.8 Å². The maximum Gasteiger partial charge on any atom is 0.271 e. The molecule has 1 fully saturated rings. The molecule has 1 amide bonds. The molecule has 82 valence electrons. The number of amides is 1. The van der Waals surface area contributed by atoms with E-state index in [-0.39, 0.29) is 24.2 Å². The highest BCUT2D eigenvalue weighted by Crippen LogP contribution is 2.19. The maximum atomic E-state index is 11.7. The van der Waals surface area contributed by atoms with E-state index in [1.165, 1.54) is 11.3 Å². The molecule has 1 saturated heterocycles. The maximum absolute atomic E-state index is 11.7. The summed E-state index contributed by atoms with van der Waals surface area (Å²) in [5.41, 5.74) is 2.15. The molecule has 3 unspecified atom stereocenters. The highest BCUT2D eigenvalue weighted by molar-refractivity contribution is 7.07. The Labute approximate surface area is 92.7 Å². The van der Waals surface area contributed by atoms with E-state index in [0.29, 0.717) is 5.69 Å². The van der Waals surface area contributed by atoms with Gasteiger partial charge in [-0.1, -0.05) is 0 Å². The third-order valence-corrected chi connectivity index (χ3v) is 3.17. The van der Waals surface area contributed by atoms with Gasteiger partial charge < -0.3 is 10.1 Å². The molecule has 0 bridgehead atoms. The van der Waals surface area contributed by atoms with E-state index in [9.17, 15) is 4.79 Å². The van der Waals surface area contributed by atoms with Crippen LogP contribution >= 0.6 is 11.3 Å². The van der Waals surface area contributed by atoms with Crippen LogP contribution in [0.2, 0.25) is 0 Å². The predicted molar refractivity (Wildman–Crippen MR) is 58.0 cm³/mol. The number of nitrogens with zero attached hydrogens (tertiary/aromatic N) is 1. The average molecular weight is 226 g/mol. The minimum absolute atomic E-state index is 0.0857. The predicted octanol–water partition coefficient (Wildman–Crippen LogP) is 1.44. The Morgan fingerprint density at radius 1 is 1.67 bits per heavy atom. The lowest BCUT2D eigenvalue weighted by atomic mass is 10.1. The zero-order chi connectivity index (χ0) is 10.8. The molecule has 1 aromatic heterocycles.